The number of amides is 1. The molecular weight excluding hydrogens is 414 g/mol. The molecule has 1 aliphatic rings. The summed E-state index contributed by atoms with van der Waals surface area (Å²) < 4.78 is 1.71. The van der Waals surface area contributed by atoms with Gasteiger partial charge in [-0.15, -0.1) is 0 Å². The van der Waals surface area contributed by atoms with Crippen molar-refractivity contribution in [2.45, 2.75) is 72.0 Å². The number of benzene rings is 1. The lowest BCUT2D eigenvalue weighted by molar-refractivity contribution is 0.0938. The number of aromatic nitrogens is 3. The zero-order valence-corrected chi connectivity index (χ0v) is 19.9. The van der Waals surface area contributed by atoms with Gasteiger partial charge in [-0.25, -0.2) is 4.98 Å². The van der Waals surface area contributed by atoms with Crippen LogP contribution in [0.25, 0.3) is 11.0 Å². The van der Waals surface area contributed by atoms with Crippen LogP contribution >= 0.6 is 0 Å². The van der Waals surface area contributed by atoms with Crippen LogP contribution in [0.4, 0.5) is 5.95 Å². The number of nitrogens with zero attached hydrogens (tertiary/aromatic N) is 3. The molecular formula is C26H33N5O2. The average molecular weight is 448 g/mol. The smallest absolute Gasteiger partial charge is 0.252 e. The van der Waals surface area contributed by atoms with E-state index in [4.69, 9.17) is 0 Å². The highest BCUT2D eigenvalue weighted by molar-refractivity contribution is 5.94. The van der Waals surface area contributed by atoms with E-state index >= 15 is 0 Å². The molecule has 0 radical (unpaired) electrons. The molecule has 1 fully saturated rings. The predicted octanol–water partition coefficient (Wildman–Crippen LogP) is 4.68. The second-order valence-corrected chi connectivity index (χ2v) is 10.2. The Labute approximate surface area is 194 Å². The van der Waals surface area contributed by atoms with Gasteiger partial charge < -0.3 is 10.6 Å². The Morgan fingerprint density at radius 2 is 1.82 bits per heavy atom. The Bertz CT molecular complexity index is 1190. The lowest BCUT2D eigenvalue weighted by atomic mass is 9.97. The van der Waals surface area contributed by atoms with Crippen molar-refractivity contribution in [1.29, 1.82) is 0 Å². The van der Waals surface area contributed by atoms with E-state index in [1.807, 2.05) is 31.2 Å². The van der Waals surface area contributed by atoms with Crippen LogP contribution in [0.1, 0.15) is 75.3 Å². The van der Waals surface area contributed by atoms with E-state index in [0.29, 0.717) is 29.7 Å². The summed E-state index contributed by atoms with van der Waals surface area (Å²) in [5.74, 6) is 0.454. The third kappa shape index (κ3) is 5.59. The Hall–Kier alpha value is -3.22. The van der Waals surface area contributed by atoms with Crippen molar-refractivity contribution in [3.05, 3.63) is 64.1 Å². The zero-order chi connectivity index (χ0) is 23.6. The van der Waals surface area contributed by atoms with E-state index < -0.39 is 0 Å². The van der Waals surface area contributed by atoms with Crippen molar-refractivity contribution in [2.24, 2.45) is 5.41 Å². The fraction of sp³-hybridized carbons (Fsp3) is 0.462. The quantitative estimate of drug-likeness (QED) is 0.573. The molecule has 1 atom stereocenters. The first-order valence-corrected chi connectivity index (χ1v) is 11.7. The fourth-order valence-corrected chi connectivity index (χ4v) is 4.31. The summed E-state index contributed by atoms with van der Waals surface area (Å²) in [7, 11) is 0. The minimum atomic E-state index is -0.0686. The van der Waals surface area contributed by atoms with Gasteiger partial charge >= 0.3 is 0 Å². The highest BCUT2D eigenvalue weighted by Crippen LogP contribution is 2.22. The van der Waals surface area contributed by atoms with Gasteiger partial charge in [0, 0.05) is 35.8 Å². The number of carbonyl (C=O) groups is 1. The molecule has 2 aromatic heterocycles. The summed E-state index contributed by atoms with van der Waals surface area (Å²) in [6, 6.07) is 11.2. The lowest BCUT2D eigenvalue weighted by Gasteiger charge is -2.21. The maximum Gasteiger partial charge on any atom is 0.252 e. The highest BCUT2D eigenvalue weighted by Gasteiger charge is 2.19. The summed E-state index contributed by atoms with van der Waals surface area (Å²) in [4.78, 5) is 34.1. The topological polar surface area (TPSA) is 88.9 Å². The molecule has 0 bridgehead atoms. The number of pyridine rings is 1. The van der Waals surface area contributed by atoms with Crippen molar-refractivity contribution in [1.82, 2.24) is 19.9 Å². The zero-order valence-electron chi connectivity index (χ0n) is 19.9. The number of hydrogen-bond acceptors (Lipinski definition) is 5. The van der Waals surface area contributed by atoms with Gasteiger partial charge in [-0.1, -0.05) is 45.7 Å². The number of carbonyl (C=O) groups excluding carboxylic acids is 1. The lowest BCUT2D eigenvalue weighted by Crippen LogP contribution is -2.32. The molecule has 2 heterocycles. The van der Waals surface area contributed by atoms with Crippen molar-refractivity contribution in [3.63, 3.8) is 0 Å². The monoisotopic (exact) mass is 447 g/mol. The average Bonchev–Trinajstić information content (AvgIpc) is 3.28. The van der Waals surface area contributed by atoms with Crippen molar-refractivity contribution >= 4 is 22.9 Å². The molecule has 174 valence electrons. The third-order valence-corrected chi connectivity index (χ3v) is 6.06. The molecule has 33 heavy (non-hydrogen) atoms. The number of hydrogen-bond donors (Lipinski definition) is 2. The SMILES string of the molecule is CC(Nc1ncc2ccc(=O)n(CC(C)(C)C)c2n1)c1ccc(C(=O)NC2CCCC2)cc1. The van der Waals surface area contributed by atoms with Crippen molar-refractivity contribution < 1.29 is 4.79 Å². The third-order valence-electron chi connectivity index (χ3n) is 6.06. The molecule has 1 aliphatic carbocycles. The summed E-state index contributed by atoms with van der Waals surface area (Å²) >= 11 is 0. The van der Waals surface area contributed by atoms with Crippen LogP contribution in [0.5, 0.6) is 0 Å². The molecule has 1 aromatic carbocycles. The largest absolute Gasteiger partial charge is 0.349 e. The van der Waals surface area contributed by atoms with Gasteiger partial charge in [-0.05, 0) is 48.9 Å². The molecule has 7 nitrogen and oxygen atoms in total. The normalized spacial score (nSPS) is 15.5. The van der Waals surface area contributed by atoms with Crippen molar-refractivity contribution in [2.75, 3.05) is 5.32 Å². The van der Waals surface area contributed by atoms with Gasteiger partial charge in [0.05, 0.1) is 6.04 Å². The van der Waals surface area contributed by atoms with Crippen molar-refractivity contribution in [3.8, 4) is 0 Å². The van der Waals surface area contributed by atoms with Gasteiger partial charge in [0.1, 0.15) is 5.65 Å². The minimum Gasteiger partial charge on any atom is -0.349 e. The standard InChI is InChI=1S/C26H33N5O2/c1-17(18-9-11-19(12-10-18)24(33)29-21-7-5-6-8-21)28-25-27-15-20-13-14-22(32)31(23(20)30-25)16-26(2,3)4/h9-15,17,21H,5-8,16H2,1-4H3,(H,29,33)(H,27,28,30). The second-order valence-electron chi connectivity index (χ2n) is 10.2. The van der Waals surface area contributed by atoms with Gasteiger partial charge in [0.15, 0.2) is 0 Å². The first-order valence-electron chi connectivity index (χ1n) is 11.7. The van der Waals surface area contributed by atoms with E-state index in [1.165, 1.54) is 12.8 Å². The Kier molecular flexibility index (Phi) is 6.49. The molecule has 0 saturated heterocycles. The molecule has 0 spiro atoms. The number of fused-ring (bicyclic) bond motifs is 1. The van der Waals surface area contributed by atoms with Crippen LogP contribution < -0.4 is 16.2 Å². The predicted molar refractivity (Wildman–Crippen MR) is 131 cm³/mol. The summed E-state index contributed by atoms with van der Waals surface area (Å²) in [6.07, 6.45) is 6.26. The number of anilines is 1. The van der Waals surface area contributed by atoms with E-state index in [2.05, 4.69) is 41.4 Å². The van der Waals surface area contributed by atoms with Crippen LogP contribution in [-0.2, 0) is 6.54 Å². The fourth-order valence-electron chi connectivity index (χ4n) is 4.31. The minimum absolute atomic E-state index is 0.0104. The maximum atomic E-state index is 12.5. The first-order chi connectivity index (χ1) is 15.7. The van der Waals surface area contributed by atoms with Gasteiger partial charge in [0.25, 0.3) is 11.5 Å². The molecule has 3 aromatic rings. The molecule has 2 N–H and O–H groups in total. The van der Waals surface area contributed by atoms with Crippen LogP contribution in [0.2, 0.25) is 0 Å². The maximum absolute atomic E-state index is 12.5. The summed E-state index contributed by atoms with van der Waals surface area (Å²) in [5, 5.41) is 7.28. The second kappa shape index (κ2) is 9.33. The van der Waals surface area contributed by atoms with Crippen LogP contribution in [0, 0.1) is 5.41 Å². The van der Waals surface area contributed by atoms with Gasteiger partial charge in [0.2, 0.25) is 5.95 Å². The van der Waals surface area contributed by atoms with Crippen LogP contribution in [0.15, 0.2) is 47.4 Å². The van der Waals surface area contributed by atoms with E-state index in [-0.39, 0.29) is 22.9 Å². The summed E-state index contributed by atoms with van der Waals surface area (Å²) in [5.41, 5.74) is 2.19. The summed E-state index contributed by atoms with van der Waals surface area (Å²) in [6.45, 7) is 8.88. The Morgan fingerprint density at radius 1 is 1.12 bits per heavy atom. The highest BCUT2D eigenvalue weighted by atomic mass is 16.1. The van der Waals surface area contributed by atoms with Crippen LogP contribution in [-0.4, -0.2) is 26.5 Å². The van der Waals surface area contributed by atoms with E-state index in [9.17, 15) is 9.59 Å². The molecule has 1 unspecified atom stereocenters. The Morgan fingerprint density at radius 3 is 2.48 bits per heavy atom. The molecule has 1 amide bonds. The molecule has 1 saturated carbocycles. The molecule has 0 aliphatic heterocycles. The van der Waals surface area contributed by atoms with Crippen LogP contribution in [0.3, 0.4) is 0 Å². The van der Waals surface area contributed by atoms with E-state index in [0.717, 1.165) is 23.8 Å². The van der Waals surface area contributed by atoms with E-state index in [1.54, 1.807) is 22.9 Å². The molecule has 4 rings (SSSR count). The number of nitrogens with one attached hydrogen (secondary N) is 2. The van der Waals surface area contributed by atoms with Gasteiger partial charge in [-0.3, -0.25) is 14.2 Å². The first kappa shape index (κ1) is 23.0. The van der Waals surface area contributed by atoms with Gasteiger partial charge in [-0.2, -0.15) is 4.98 Å². The Balaban J connectivity index is 1.50. The number of rotatable bonds is 6. The molecule has 7 heteroatoms.